The van der Waals surface area contributed by atoms with Crippen LogP contribution in [0.2, 0.25) is 0 Å². The SMILES string of the molecule is CN(CCC(C)(C)C)C(Cc1cscn1)C(=O)NC(Cc1ccc(OCc2ccccc2)cc1)C(=O)NC(C)(C)C. The number of aromatic nitrogens is 1. The maximum Gasteiger partial charge on any atom is 0.243 e. The van der Waals surface area contributed by atoms with E-state index in [0.29, 0.717) is 19.4 Å². The van der Waals surface area contributed by atoms with Gasteiger partial charge in [0.05, 0.1) is 17.2 Å². The molecule has 2 unspecified atom stereocenters. The van der Waals surface area contributed by atoms with Crippen molar-refractivity contribution >= 4 is 23.2 Å². The first-order chi connectivity index (χ1) is 19.3. The average Bonchev–Trinajstić information content (AvgIpc) is 3.42. The number of hydrogen-bond donors (Lipinski definition) is 2. The normalized spacial score (nSPS) is 13.5. The van der Waals surface area contributed by atoms with Gasteiger partial charge in [-0.1, -0.05) is 63.2 Å². The third kappa shape index (κ3) is 11.7. The first-order valence-electron chi connectivity index (χ1n) is 14.2. The number of thiazole rings is 1. The fourth-order valence-corrected chi connectivity index (χ4v) is 4.86. The Hall–Kier alpha value is -3.23. The third-order valence-electron chi connectivity index (χ3n) is 6.68. The first-order valence-corrected chi connectivity index (χ1v) is 15.2. The molecule has 0 aliphatic carbocycles. The number of rotatable bonds is 13. The molecule has 2 amide bonds. The van der Waals surface area contributed by atoms with Crippen LogP contribution in [0.1, 0.15) is 64.8 Å². The van der Waals surface area contributed by atoms with Crippen LogP contribution in [0.15, 0.2) is 65.5 Å². The van der Waals surface area contributed by atoms with E-state index in [0.717, 1.165) is 35.5 Å². The molecule has 0 bridgehead atoms. The van der Waals surface area contributed by atoms with E-state index in [2.05, 4.69) is 41.3 Å². The van der Waals surface area contributed by atoms with Gasteiger partial charge in [-0.2, -0.15) is 0 Å². The van der Waals surface area contributed by atoms with Crippen molar-refractivity contribution in [2.24, 2.45) is 5.41 Å². The Bertz CT molecular complexity index is 1220. The van der Waals surface area contributed by atoms with E-state index in [9.17, 15) is 9.59 Å². The number of nitrogens with zero attached hydrogens (tertiary/aromatic N) is 2. The number of nitrogens with one attached hydrogen (secondary N) is 2. The quantitative estimate of drug-likeness (QED) is 0.274. The molecule has 1 aromatic heterocycles. The summed E-state index contributed by atoms with van der Waals surface area (Å²) in [5.41, 5.74) is 4.40. The summed E-state index contributed by atoms with van der Waals surface area (Å²) < 4.78 is 5.92. The van der Waals surface area contributed by atoms with Gasteiger partial charge >= 0.3 is 0 Å². The van der Waals surface area contributed by atoms with Crippen molar-refractivity contribution in [1.82, 2.24) is 20.5 Å². The second-order valence-electron chi connectivity index (χ2n) is 12.9. The number of hydrogen-bond acceptors (Lipinski definition) is 6. The topological polar surface area (TPSA) is 83.6 Å². The molecule has 41 heavy (non-hydrogen) atoms. The zero-order chi connectivity index (χ0) is 30.0. The first kappa shape index (κ1) is 32.3. The fraction of sp³-hybridized carbons (Fsp3) is 0.485. The Labute approximate surface area is 249 Å². The van der Waals surface area contributed by atoms with Crippen molar-refractivity contribution in [1.29, 1.82) is 0 Å². The van der Waals surface area contributed by atoms with Crippen LogP contribution in [0.5, 0.6) is 5.75 Å². The predicted molar refractivity (Wildman–Crippen MR) is 167 cm³/mol. The van der Waals surface area contributed by atoms with Crippen LogP contribution in [-0.2, 0) is 29.0 Å². The van der Waals surface area contributed by atoms with Crippen LogP contribution in [0.25, 0.3) is 0 Å². The van der Waals surface area contributed by atoms with E-state index in [1.165, 1.54) is 11.3 Å². The Morgan fingerprint density at radius 1 is 0.927 bits per heavy atom. The lowest BCUT2D eigenvalue weighted by atomic mass is 9.92. The standard InChI is InChI=1S/C33H46N4O3S/c1-32(2,3)17-18-37(7)29(20-26-22-41-23-34-26)31(39)35-28(30(38)36-33(4,5)6)19-24-13-15-27(16-14-24)40-21-25-11-9-8-10-12-25/h8-16,22-23,28-29H,17-21H2,1-7H3,(H,35,39)(H,36,38). The maximum absolute atomic E-state index is 13.8. The molecule has 7 nitrogen and oxygen atoms in total. The van der Waals surface area contributed by atoms with Gasteiger partial charge in [0, 0.05) is 23.8 Å². The van der Waals surface area contributed by atoms with Gasteiger partial charge in [-0.05, 0) is 69.5 Å². The number of likely N-dealkylation sites (N-methyl/N-ethyl adjacent to an activating group) is 1. The van der Waals surface area contributed by atoms with Gasteiger partial charge < -0.3 is 15.4 Å². The molecular weight excluding hydrogens is 532 g/mol. The number of ether oxygens (including phenoxy) is 1. The summed E-state index contributed by atoms with van der Waals surface area (Å²) in [5, 5.41) is 8.12. The maximum atomic E-state index is 13.8. The van der Waals surface area contributed by atoms with Crippen LogP contribution in [0.4, 0.5) is 0 Å². The average molecular weight is 579 g/mol. The molecule has 3 rings (SSSR count). The summed E-state index contributed by atoms with van der Waals surface area (Å²) in [6.07, 6.45) is 1.79. The molecule has 0 saturated carbocycles. The van der Waals surface area contributed by atoms with E-state index < -0.39 is 17.6 Å². The smallest absolute Gasteiger partial charge is 0.243 e. The zero-order valence-electron chi connectivity index (χ0n) is 25.6. The summed E-state index contributed by atoms with van der Waals surface area (Å²) in [6, 6.07) is 16.5. The van der Waals surface area contributed by atoms with Crippen LogP contribution >= 0.6 is 11.3 Å². The van der Waals surface area contributed by atoms with Gasteiger partial charge in [-0.15, -0.1) is 11.3 Å². The van der Waals surface area contributed by atoms with E-state index >= 15 is 0 Å². The summed E-state index contributed by atoms with van der Waals surface area (Å²) >= 11 is 1.52. The van der Waals surface area contributed by atoms with Gasteiger partial charge in [-0.25, -0.2) is 4.98 Å². The highest BCUT2D eigenvalue weighted by Crippen LogP contribution is 2.20. The number of carbonyl (C=O) groups is 2. The van der Waals surface area contributed by atoms with Crippen molar-refractivity contribution in [3.8, 4) is 5.75 Å². The molecule has 1 heterocycles. The molecule has 2 atom stereocenters. The number of amides is 2. The molecule has 2 aromatic carbocycles. The van der Waals surface area contributed by atoms with Crippen molar-refractivity contribution in [3.05, 3.63) is 82.3 Å². The van der Waals surface area contributed by atoms with Crippen LogP contribution in [0, 0.1) is 5.41 Å². The number of benzene rings is 2. The molecule has 0 saturated heterocycles. The van der Waals surface area contributed by atoms with Crippen molar-refractivity contribution in [2.45, 2.75) is 85.0 Å². The molecule has 0 aliphatic rings. The minimum atomic E-state index is -0.730. The van der Waals surface area contributed by atoms with E-state index in [1.54, 1.807) is 5.51 Å². The molecule has 222 valence electrons. The minimum absolute atomic E-state index is 0.141. The molecular formula is C33H46N4O3S. The van der Waals surface area contributed by atoms with Gasteiger partial charge in [0.25, 0.3) is 0 Å². The Balaban J connectivity index is 1.74. The van der Waals surface area contributed by atoms with Crippen molar-refractivity contribution < 1.29 is 14.3 Å². The second-order valence-corrected chi connectivity index (χ2v) is 13.6. The second kappa shape index (κ2) is 14.6. The third-order valence-corrected chi connectivity index (χ3v) is 7.31. The van der Waals surface area contributed by atoms with Gasteiger partial charge in [0.1, 0.15) is 18.4 Å². The highest BCUT2D eigenvalue weighted by Gasteiger charge is 2.31. The van der Waals surface area contributed by atoms with Crippen LogP contribution < -0.4 is 15.4 Å². The Kier molecular flexibility index (Phi) is 11.5. The lowest BCUT2D eigenvalue weighted by Crippen LogP contribution is -2.57. The summed E-state index contributed by atoms with van der Waals surface area (Å²) in [7, 11) is 1.97. The highest BCUT2D eigenvalue weighted by atomic mass is 32.1. The largest absolute Gasteiger partial charge is 0.489 e. The minimum Gasteiger partial charge on any atom is -0.489 e. The van der Waals surface area contributed by atoms with Gasteiger partial charge in [-0.3, -0.25) is 14.5 Å². The van der Waals surface area contributed by atoms with Crippen molar-refractivity contribution in [2.75, 3.05) is 13.6 Å². The lowest BCUT2D eigenvalue weighted by Gasteiger charge is -2.31. The molecule has 8 heteroatoms. The van der Waals surface area contributed by atoms with Gasteiger partial charge in [0.2, 0.25) is 11.8 Å². The van der Waals surface area contributed by atoms with Gasteiger partial charge in [0.15, 0.2) is 0 Å². The van der Waals surface area contributed by atoms with Crippen molar-refractivity contribution in [3.63, 3.8) is 0 Å². The molecule has 0 spiro atoms. The van der Waals surface area contributed by atoms with E-state index in [4.69, 9.17) is 4.74 Å². The zero-order valence-corrected chi connectivity index (χ0v) is 26.4. The Morgan fingerprint density at radius 3 is 2.20 bits per heavy atom. The van der Waals surface area contributed by atoms with Crippen LogP contribution in [-0.4, -0.2) is 52.9 Å². The molecule has 3 aromatic rings. The monoisotopic (exact) mass is 578 g/mol. The summed E-state index contributed by atoms with van der Waals surface area (Å²) in [4.78, 5) is 33.7. The highest BCUT2D eigenvalue weighted by molar-refractivity contribution is 7.07. The Morgan fingerprint density at radius 2 is 1.61 bits per heavy atom. The van der Waals surface area contributed by atoms with Crippen LogP contribution in [0.3, 0.4) is 0 Å². The lowest BCUT2D eigenvalue weighted by molar-refractivity contribution is -0.132. The van der Waals surface area contributed by atoms with E-state index in [1.807, 2.05) is 87.8 Å². The molecule has 0 fully saturated rings. The summed E-state index contributed by atoms with van der Waals surface area (Å²) in [5.74, 6) is 0.368. The summed E-state index contributed by atoms with van der Waals surface area (Å²) in [6.45, 7) is 13.6. The fourth-order valence-electron chi connectivity index (χ4n) is 4.29. The van der Waals surface area contributed by atoms with E-state index in [-0.39, 0.29) is 17.2 Å². The molecule has 0 aliphatic heterocycles. The molecule has 2 N–H and O–H groups in total. The predicted octanol–water partition coefficient (Wildman–Crippen LogP) is 5.64. The number of carbonyl (C=O) groups excluding carboxylic acids is 2. The molecule has 0 radical (unpaired) electrons.